The van der Waals surface area contributed by atoms with Crippen LogP contribution in [0, 0.1) is 10.1 Å². The van der Waals surface area contributed by atoms with E-state index in [-0.39, 0.29) is 5.69 Å². The SMILES string of the molecule is CNc1cncc(Sc2ccc([N+](=O)[O-])cc2)n1. The summed E-state index contributed by atoms with van der Waals surface area (Å²) in [5, 5.41) is 14.2. The van der Waals surface area contributed by atoms with Crippen LogP contribution in [0.2, 0.25) is 0 Å². The molecule has 1 aromatic carbocycles. The van der Waals surface area contributed by atoms with E-state index in [9.17, 15) is 10.1 Å². The molecule has 0 aliphatic heterocycles. The summed E-state index contributed by atoms with van der Waals surface area (Å²) in [7, 11) is 1.77. The van der Waals surface area contributed by atoms with Crippen LogP contribution in [0.25, 0.3) is 0 Å². The molecule has 0 aliphatic carbocycles. The van der Waals surface area contributed by atoms with Crippen molar-refractivity contribution in [2.24, 2.45) is 0 Å². The zero-order valence-electron chi connectivity index (χ0n) is 9.53. The van der Waals surface area contributed by atoms with E-state index >= 15 is 0 Å². The summed E-state index contributed by atoms with van der Waals surface area (Å²) in [5.74, 6) is 0.682. The van der Waals surface area contributed by atoms with Crippen LogP contribution in [0.1, 0.15) is 0 Å². The van der Waals surface area contributed by atoms with Crippen molar-refractivity contribution in [1.82, 2.24) is 9.97 Å². The van der Waals surface area contributed by atoms with E-state index in [1.165, 1.54) is 23.9 Å². The fraction of sp³-hybridized carbons (Fsp3) is 0.0909. The number of rotatable bonds is 4. The second kappa shape index (κ2) is 5.46. The van der Waals surface area contributed by atoms with Crippen molar-refractivity contribution in [3.05, 3.63) is 46.8 Å². The zero-order valence-corrected chi connectivity index (χ0v) is 10.3. The molecule has 1 aromatic heterocycles. The first-order valence-electron chi connectivity index (χ1n) is 5.11. The minimum atomic E-state index is -0.421. The third-order valence-corrected chi connectivity index (χ3v) is 3.05. The van der Waals surface area contributed by atoms with Crippen LogP contribution in [0.3, 0.4) is 0 Å². The van der Waals surface area contributed by atoms with Gasteiger partial charge in [0, 0.05) is 24.1 Å². The standard InChI is InChI=1S/C11H10N4O2S/c1-12-10-6-13-7-11(14-10)18-9-4-2-8(3-5-9)15(16)17/h2-7H,1H3,(H,12,14). The molecule has 0 aliphatic rings. The third kappa shape index (κ3) is 2.95. The number of anilines is 1. The second-order valence-electron chi connectivity index (χ2n) is 3.35. The number of nitro benzene ring substituents is 1. The molecule has 18 heavy (non-hydrogen) atoms. The summed E-state index contributed by atoms with van der Waals surface area (Å²) in [6.45, 7) is 0. The first-order valence-corrected chi connectivity index (χ1v) is 5.93. The van der Waals surface area contributed by atoms with E-state index in [1.807, 2.05) is 0 Å². The maximum Gasteiger partial charge on any atom is 0.269 e. The first kappa shape index (κ1) is 12.3. The predicted molar refractivity (Wildman–Crippen MR) is 68.8 cm³/mol. The summed E-state index contributed by atoms with van der Waals surface area (Å²) in [6, 6.07) is 6.32. The summed E-state index contributed by atoms with van der Waals surface area (Å²) in [5.41, 5.74) is 0.0782. The van der Waals surface area contributed by atoms with Gasteiger partial charge in [0.1, 0.15) is 10.8 Å². The van der Waals surface area contributed by atoms with Crippen LogP contribution in [0.4, 0.5) is 11.5 Å². The Kier molecular flexibility index (Phi) is 3.73. The summed E-state index contributed by atoms with van der Waals surface area (Å²) >= 11 is 1.40. The highest BCUT2D eigenvalue weighted by molar-refractivity contribution is 7.99. The van der Waals surface area contributed by atoms with Gasteiger partial charge in [0.05, 0.1) is 17.3 Å². The minimum Gasteiger partial charge on any atom is -0.372 e. The molecule has 0 amide bonds. The van der Waals surface area contributed by atoms with Gasteiger partial charge < -0.3 is 5.32 Å². The number of hydrogen-bond acceptors (Lipinski definition) is 6. The van der Waals surface area contributed by atoms with Gasteiger partial charge >= 0.3 is 0 Å². The lowest BCUT2D eigenvalue weighted by Crippen LogP contribution is -1.94. The smallest absolute Gasteiger partial charge is 0.269 e. The summed E-state index contributed by atoms with van der Waals surface area (Å²) in [4.78, 5) is 19.3. The van der Waals surface area contributed by atoms with E-state index in [4.69, 9.17) is 0 Å². The predicted octanol–water partition coefficient (Wildman–Crippen LogP) is 2.58. The number of non-ortho nitro benzene ring substituents is 1. The Morgan fingerprint density at radius 2 is 2.00 bits per heavy atom. The number of nitrogens with zero attached hydrogens (tertiary/aromatic N) is 3. The van der Waals surface area contributed by atoms with E-state index in [0.29, 0.717) is 5.82 Å². The van der Waals surface area contributed by atoms with Gasteiger partial charge in [-0.25, -0.2) is 4.98 Å². The van der Waals surface area contributed by atoms with Crippen LogP contribution in [0.5, 0.6) is 0 Å². The molecular formula is C11H10N4O2S. The van der Waals surface area contributed by atoms with Crippen LogP contribution < -0.4 is 5.32 Å². The largest absolute Gasteiger partial charge is 0.372 e. The third-order valence-electron chi connectivity index (χ3n) is 2.14. The lowest BCUT2D eigenvalue weighted by Gasteiger charge is -2.02. The second-order valence-corrected chi connectivity index (χ2v) is 4.44. The molecule has 0 atom stereocenters. The average molecular weight is 262 g/mol. The van der Waals surface area contributed by atoms with Crippen LogP contribution in [-0.2, 0) is 0 Å². The molecular weight excluding hydrogens is 252 g/mol. The summed E-state index contributed by atoms with van der Waals surface area (Å²) < 4.78 is 0. The Morgan fingerprint density at radius 1 is 1.28 bits per heavy atom. The lowest BCUT2D eigenvalue weighted by molar-refractivity contribution is -0.384. The molecule has 0 saturated heterocycles. The Balaban J connectivity index is 2.15. The van der Waals surface area contributed by atoms with Crippen molar-refractivity contribution in [3.8, 4) is 0 Å². The highest BCUT2D eigenvalue weighted by Crippen LogP contribution is 2.27. The van der Waals surface area contributed by atoms with Crippen molar-refractivity contribution in [2.75, 3.05) is 12.4 Å². The van der Waals surface area contributed by atoms with E-state index in [2.05, 4.69) is 15.3 Å². The molecule has 0 radical (unpaired) electrons. The highest BCUT2D eigenvalue weighted by atomic mass is 32.2. The van der Waals surface area contributed by atoms with Gasteiger partial charge in [-0.05, 0) is 12.1 Å². The molecule has 7 heteroatoms. The van der Waals surface area contributed by atoms with Crippen molar-refractivity contribution < 1.29 is 4.92 Å². The Bertz CT molecular complexity index is 559. The molecule has 0 unspecified atom stereocenters. The van der Waals surface area contributed by atoms with Gasteiger partial charge in [0.25, 0.3) is 5.69 Å². The van der Waals surface area contributed by atoms with Crippen LogP contribution in [-0.4, -0.2) is 21.9 Å². The van der Waals surface area contributed by atoms with Crippen molar-refractivity contribution in [1.29, 1.82) is 0 Å². The number of hydrogen-bond donors (Lipinski definition) is 1. The molecule has 92 valence electrons. The van der Waals surface area contributed by atoms with Gasteiger partial charge in [-0.2, -0.15) is 0 Å². The average Bonchev–Trinajstić information content (AvgIpc) is 2.39. The molecule has 0 spiro atoms. The summed E-state index contributed by atoms with van der Waals surface area (Å²) in [6.07, 6.45) is 3.27. The first-order chi connectivity index (χ1) is 8.69. The zero-order chi connectivity index (χ0) is 13.0. The number of aromatic nitrogens is 2. The van der Waals surface area contributed by atoms with Gasteiger partial charge in [-0.15, -0.1) is 0 Å². The molecule has 2 aromatic rings. The van der Waals surface area contributed by atoms with Crippen molar-refractivity contribution in [2.45, 2.75) is 9.92 Å². The van der Waals surface area contributed by atoms with E-state index < -0.39 is 4.92 Å². The molecule has 0 bridgehead atoms. The van der Waals surface area contributed by atoms with Crippen molar-refractivity contribution in [3.63, 3.8) is 0 Å². The van der Waals surface area contributed by atoms with Crippen LogP contribution >= 0.6 is 11.8 Å². The Morgan fingerprint density at radius 3 is 2.61 bits per heavy atom. The number of nitrogens with one attached hydrogen (secondary N) is 1. The van der Waals surface area contributed by atoms with Gasteiger partial charge in [-0.1, -0.05) is 11.8 Å². The maximum atomic E-state index is 10.5. The van der Waals surface area contributed by atoms with Gasteiger partial charge in [0.2, 0.25) is 0 Å². The normalized spacial score (nSPS) is 10.1. The molecule has 2 rings (SSSR count). The van der Waals surface area contributed by atoms with Gasteiger partial charge in [-0.3, -0.25) is 15.1 Å². The molecule has 6 nitrogen and oxygen atoms in total. The molecule has 0 saturated carbocycles. The number of benzene rings is 1. The Labute approximate surface area is 108 Å². The molecule has 1 heterocycles. The van der Waals surface area contributed by atoms with E-state index in [0.717, 1.165) is 9.92 Å². The quantitative estimate of drug-likeness (QED) is 0.673. The fourth-order valence-electron chi connectivity index (χ4n) is 1.27. The van der Waals surface area contributed by atoms with Crippen LogP contribution in [0.15, 0.2) is 46.6 Å². The molecule has 0 fully saturated rings. The van der Waals surface area contributed by atoms with E-state index in [1.54, 1.807) is 31.6 Å². The highest BCUT2D eigenvalue weighted by Gasteiger charge is 2.05. The molecule has 1 N–H and O–H groups in total. The Hall–Kier alpha value is -2.15. The topological polar surface area (TPSA) is 81.0 Å². The maximum absolute atomic E-state index is 10.5. The number of nitro groups is 1. The monoisotopic (exact) mass is 262 g/mol. The van der Waals surface area contributed by atoms with Gasteiger partial charge in [0.15, 0.2) is 0 Å². The van der Waals surface area contributed by atoms with Crippen molar-refractivity contribution >= 4 is 23.3 Å². The fourth-order valence-corrected chi connectivity index (χ4v) is 2.05. The minimum absolute atomic E-state index is 0.0782. The lowest BCUT2D eigenvalue weighted by atomic mass is 10.3.